The topological polar surface area (TPSA) is 82.5 Å². The molecule has 0 saturated carbocycles. The second-order valence-corrected chi connectivity index (χ2v) is 8.74. The summed E-state index contributed by atoms with van der Waals surface area (Å²) in [5.41, 5.74) is 3.48. The van der Waals surface area contributed by atoms with Gasteiger partial charge in [-0.15, -0.1) is 0 Å². The molecule has 4 rings (SSSR count). The molecule has 3 aromatic carbocycles. The summed E-state index contributed by atoms with van der Waals surface area (Å²) in [6.07, 6.45) is 1.68. The van der Waals surface area contributed by atoms with E-state index in [4.69, 9.17) is 28.3 Å². The van der Waals surface area contributed by atoms with E-state index in [0.717, 1.165) is 5.56 Å². The highest BCUT2D eigenvalue weighted by Gasteiger charge is 2.23. The molecule has 6 nitrogen and oxygen atoms in total. The Morgan fingerprint density at radius 2 is 1.67 bits per heavy atom. The Morgan fingerprint density at radius 1 is 0.889 bits per heavy atom. The lowest BCUT2D eigenvalue weighted by Gasteiger charge is -2.25. The second kappa shape index (κ2) is 11.8. The fourth-order valence-corrected chi connectivity index (χ4v) is 4.17. The third kappa shape index (κ3) is 5.91. The lowest BCUT2D eigenvalue weighted by Crippen LogP contribution is -2.31. The van der Waals surface area contributed by atoms with Gasteiger partial charge in [-0.3, -0.25) is 14.6 Å². The highest BCUT2D eigenvalue weighted by atomic mass is 35.5. The molecule has 0 fully saturated rings. The molecule has 0 unspecified atom stereocenters. The number of nitrogens with one attached hydrogen (secondary N) is 1. The molecule has 0 atom stereocenters. The summed E-state index contributed by atoms with van der Waals surface area (Å²) in [5.74, 6) is -0.718. The zero-order valence-electron chi connectivity index (χ0n) is 19.2. The number of hydrogen-bond acceptors (Lipinski definition) is 4. The average molecular weight is 520 g/mol. The number of nitrogens with zero attached hydrogens (tertiary/aromatic N) is 2. The number of anilines is 1. The first-order chi connectivity index (χ1) is 17.5. The molecule has 1 heterocycles. The van der Waals surface area contributed by atoms with Crippen LogP contribution in [-0.4, -0.2) is 35.1 Å². The highest BCUT2D eigenvalue weighted by molar-refractivity contribution is 6.35. The van der Waals surface area contributed by atoms with E-state index in [1.807, 2.05) is 54.6 Å². The Labute approximate surface area is 219 Å². The van der Waals surface area contributed by atoms with Crippen LogP contribution in [0.2, 0.25) is 10.0 Å². The van der Waals surface area contributed by atoms with Crippen LogP contribution in [0.5, 0.6) is 0 Å². The molecule has 0 bridgehead atoms. The molecule has 36 heavy (non-hydrogen) atoms. The zero-order chi connectivity index (χ0) is 25.5. The van der Waals surface area contributed by atoms with E-state index in [2.05, 4.69) is 10.3 Å². The number of pyridine rings is 1. The highest BCUT2D eigenvalue weighted by Crippen LogP contribution is 2.33. The maximum Gasteiger partial charge on any atom is 0.260 e. The van der Waals surface area contributed by atoms with Gasteiger partial charge in [-0.25, -0.2) is 0 Å². The van der Waals surface area contributed by atoms with Gasteiger partial charge in [-0.2, -0.15) is 0 Å². The van der Waals surface area contributed by atoms with Crippen LogP contribution >= 0.6 is 23.2 Å². The van der Waals surface area contributed by atoms with Crippen molar-refractivity contribution in [1.82, 2.24) is 10.3 Å². The van der Waals surface area contributed by atoms with Crippen LogP contribution in [0.1, 0.15) is 26.3 Å². The lowest BCUT2D eigenvalue weighted by molar-refractivity contribution is 0.0942. The number of rotatable bonds is 8. The van der Waals surface area contributed by atoms with Gasteiger partial charge in [-0.1, -0.05) is 59.6 Å². The van der Waals surface area contributed by atoms with Gasteiger partial charge in [0.15, 0.2) is 0 Å². The Morgan fingerprint density at radius 3 is 2.36 bits per heavy atom. The van der Waals surface area contributed by atoms with E-state index < -0.39 is 0 Å². The number of benzene rings is 3. The van der Waals surface area contributed by atoms with Crippen molar-refractivity contribution in [3.05, 3.63) is 118 Å². The van der Waals surface area contributed by atoms with Gasteiger partial charge < -0.3 is 15.3 Å². The Hall–Kier alpha value is -3.71. The molecule has 1 aromatic heterocycles. The predicted molar refractivity (Wildman–Crippen MR) is 143 cm³/mol. The van der Waals surface area contributed by atoms with Crippen LogP contribution < -0.4 is 10.2 Å². The summed E-state index contributed by atoms with van der Waals surface area (Å²) in [7, 11) is 0. The summed E-state index contributed by atoms with van der Waals surface area (Å²) >= 11 is 13.0. The number of aliphatic hydroxyl groups excluding tert-OH is 1. The van der Waals surface area contributed by atoms with Crippen molar-refractivity contribution in [2.24, 2.45) is 0 Å². The number of carbonyl (C=O) groups is 2. The van der Waals surface area contributed by atoms with Crippen molar-refractivity contribution in [2.45, 2.75) is 6.54 Å². The van der Waals surface area contributed by atoms with E-state index in [1.165, 1.54) is 18.2 Å². The first kappa shape index (κ1) is 25.4. The Kier molecular flexibility index (Phi) is 8.33. The van der Waals surface area contributed by atoms with Gasteiger partial charge in [0.25, 0.3) is 11.8 Å². The van der Waals surface area contributed by atoms with Crippen molar-refractivity contribution < 1.29 is 14.7 Å². The van der Waals surface area contributed by atoms with E-state index >= 15 is 0 Å². The van der Waals surface area contributed by atoms with Crippen LogP contribution in [-0.2, 0) is 6.54 Å². The van der Waals surface area contributed by atoms with Gasteiger partial charge in [0, 0.05) is 29.6 Å². The van der Waals surface area contributed by atoms with Gasteiger partial charge in [0.1, 0.15) is 0 Å². The van der Waals surface area contributed by atoms with E-state index in [1.54, 1.807) is 23.2 Å². The monoisotopic (exact) mass is 519 g/mol. The molecular weight excluding hydrogens is 497 g/mol. The molecule has 0 aliphatic heterocycles. The molecule has 2 N–H and O–H groups in total. The number of amides is 2. The van der Waals surface area contributed by atoms with Gasteiger partial charge >= 0.3 is 0 Å². The minimum atomic E-state index is -0.385. The average Bonchev–Trinajstić information content (AvgIpc) is 2.91. The summed E-state index contributed by atoms with van der Waals surface area (Å²) in [4.78, 5) is 32.1. The van der Waals surface area contributed by atoms with Crippen molar-refractivity contribution in [2.75, 3.05) is 18.1 Å². The SMILES string of the molecule is O=C(NCCO)c1ccc(C(=O)N(Cc2ccccc2)c2ccc(Cl)c(-c3ccccn3)c2)c(Cl)c1. The first-order valence-corrected chi connectivity index (χ1v) is 12.0. The minimum Gasteiger partial charge on any atom is -0.395 e. The van der Waals surface area contributed by atoms with Crippen LogP contribution in [0.25, 0.3) is 11.3 Å². The second-order valence-electron chi connectivity index (χ2n) is 7.93. The number of aliphatic hydroxyl groups is 1. The quantitative estimate of drug-likeness (QED) is 0.316. The maximum atomic E-state index is 13.8. The zero-order valence-corrected chi connectivity index (χ0v) is 20.7. The third-order valence-electron chi connectivity index (χ3n) is 5.49. The summed E-state index contributed by atoms with van der Waals surface area (Å²) in [5, 5.41) is 12.2. The summed E-state index contributed by atoms with van der Waals surface area (Å²) < 4.78 is 0. The van der Waals surface area contributed by atoms with Gasteiger partial charge in [0.05, 0.1) is 34.5 Å². The Bertz CT molecular complexity index is 1370. The predicted octanol–water partition coefficient (Wildman–Crippen LogP) is 5.62. The molecule has 0 aliphatic rings. The third-order valence-corrected chi connectivity index (χ3v) is 6.13. The lowest BCUT2D eigenvalue weighted by atomic mass is 10.1. The molecule has 0 aliphatic carbocycles. The number of carbonyl (C=O) groups excluding carboxylic acids is 2. The fourth-order valence-electron chi connectivity index (χ4n) is 3.69. The van der Waals surface area contributed by atoms with Crippen LogP contribution in [0.15, 0.2) is 91.1 Å². The van der Waals surface area contributed by atoms with Gasteiger partial charge in [0.2, 0.25) is 0 Å². The minimum absolute atomic E-state index is 0.122. The van der Waals surface area contributed by atoms with Crippen LogP contribution in [0.3, 0.4) is 0 Å². The molecule has 4 aromatic rings. The molecule has 2 amide bonds. The van der Waals surface area contributed by atoms with E-state index in [-0.39, 0.29) is 42.1 Å². The molecule has 0 saturated heterocycles. The normalized spacial score (nSPS) is 10.6. The Balaban J connectivity index is 1.73. The maximum absolute atomic E-state index is 13.8. The number of aromatic nitrogens is 1. The van der Waals surface area contributed by atoms with E-state index in [0.29, 0.717) is 27.5 Å². The van der Waals surface area contributed by atoms with Crippen LogP contribution in [0.4, 0.5) is 5.69 Å². The summed E-state index contributed by atoms with van der Waals surface area (Å²) in [6, 6.07) is 25.0. The van der Waals surface area contributed by atoms with Gasteiger partial charge in [-0.05, 0) is 54.1 Å². The molecule has 0 spiro atoms. The molecular formula is C28H23Cl2N3O3. The fraction of sp³-hybridized carbons (Fsp3) is 0.107. The number of hydrogen-bond donors (Lipinski definition) is 2. The largest absolute Gasteiger partial charge is 0.395 e. The molecule has 8 heteroatoms. The smallest absolute Gasteiger partial charge is 0.260 e. The standard InChI is InChI=1S/C28H23Cl2N3O3/c29-24-12-10-21(17-23(24)26-8-4-5-13-31-26)33(18-19-6-2-1-3-7-19)28(36)22-11-9-20(16-25(22)30)27(35)32-14-15-34/h1-13,16-17,34H,14-15,18H2,(H,32,35). The molecule has 182 valence electrons. The number of halogens is 2. The van der Waals surface area contributed by atoms with Crippen molar-refractivity contribution in [1.29, 1.82) is 0 Å². The first-order valence-electron chi connectivity index (χ1n) is 11.2. The van der Waals surface area contributed by atoms with Crippen molar-refractivity contribution >= 4 is 40.7 Å². The van der Waals surface area contributed by atoms with Crippen molar-refractivity contribution in [3.63, 3.8) is 0 Å². The van der Waals surface area contributed by atoms with Crippen molar-refractivity contribution in [3.8, 4) is 11.3 Å². The molecule has 0 radical (unpaired) electrons. The van der Waals surface area contributed by atoms with Crippen LogP contribution in [0, 0.1) is 0 Å². The van der Waals surface area contributed by atoms with E-state index in [9.17, 15) is 9.59 Å². The summed E-state index contributed by atoms with van der Waals surface area (Å²) in [6.45, 7) is 0.237.